The van der Waals surface area contributed by atoms with E-state index in [-0.39, 0.29) is 24.0 Å². The van der Waals surface area contributed by atoms with Crippen molar-refractivity contribution in [3.63, 3.8) is 0 Å². The minimum absolute atomic E-state index is 0.0792. The van der Waals surface area contributed by atoms with Crippen LogP contribution in [-0.2, 0) is 26.6 Å². The number of nitrogens with zero attached hydrogens (tertiary/aromatic N) is 3. The number of hydrogen-bond acceptors (Lipinski definition) is 11. The number of thiazole rings is 1. The Labute approximate surface area is 241 Å². The second-order valence-corrected chi connectivity index (χ2v) is 13.5. The fraction of sp³-hybridized carbons (Fsp3) is 0.304. The van der Waals surface area contributed by atoms with Crippen LogP contribution in [0.5, 0.6) is 0 Å². The Kier molecular flexibility index (Phi) is 9.28. The second-order valence-electron chi connectivity index (χ2n) is 8.81. The normalized spacial score (nSPS) is 13.4. The molecule has 0 fully saturated rings. The van der Waals surface area contributed by atoms with Gasteiger partial charge in [-0.25, -0.2) is 18.5 Å². The maximum Gasteiger partial charge on any atom is 0.390 e. The number of aliphatic hydroxyl groups is 1. The molecule has 0 spiro atoms. The Morgan fingerprint density at radius 1 is 1.10 bits per heavy atom. The van der Waals surface area contributed by atoms with Gasteiger partial charge < -0.3 is 14.8 Å². The summed E-state index contributed by atoms with van der Waals surface area (Å²) in [5.74, 6) is -2.65. The van der Waals surface area contributed by atoms with E-state index >= 15 is 0 Å². The molecule has 2 heterocycles. The van der Waals surface area contributed by atoms with E-state index in [0.29, 0.717) is 26.9 Å². The summed E-state index contributed by atoms with van der Waals surface area (Å²) in [7, 11) is -8.78. The molecule has 19 heteroatoms. The zero-order valence-electron chi connectivity index (χ0n) is 21.3. The van der Waals surface area contributed by atoms with Gasteiger partial charge in [-0.05, 0) is 35.4 Å². The lowest BCUT2D eigenvalue weighted by atomic mass is 10.0. The van der Waals surface area contributed by atoms with Gasteiger partial charge in [0.1, 0.15) is 5.01 Å². The van der Waals surface area contributed by atoms with Crippen molar-refractivity contribution in [1.82, 2.24) is 25.2 Å². The van der Waals surface area contributed by atoms with Crippen LogP contribution in [0, 0.1) is 0 Å². The third-order valence-corrected chi connectivity index (χ3v) is 9.34. The number of hydrogen-bond donors (Lipinski definition) is 4. The first kappa shape index (κ1) is 31.4. The highest BCUT2D eigenvalue weighted by Crippen LogP contribution is 2.38. The number of nitrogens with one attached hydrogen (secondary N) is 2. The molecule has 42 heavy (non-hydrogen) atoms. The molecule has 4 aromatic rings. The van der Waals surface area contributed by atoms with Gasteiger partial charge in [0.2, 0.25) is 11.8 Å². The molecule has 5 N–H and O–H groups in total. The minimum Gasteiger partial charge on any atom is -0.422 e. The Bertz CT molecular complexity index is 1810. The number of nitrogens with two attached hydrogens (primary N) is 1. The van der Waals surface area contributed by atoms with Crippen molar-refractivity contribution in [2.45, 2.75) is 24.4 Å². The third-order valence-electron chi connectivity index (χ3n) is 5.65. The molecule has 226 valence electrons. The van der Waals surface area contributed by atoms with Gasteiger partial charge >= 0.3 is 6.18 Å². The first-order valence-electron chi connectivity index (χ1n) is 11.9. The first-order chi connectivity index (χ1) is 19.6. The summed E-state index contributed by atoms with van der Waals surface area (Å²) in [5.41, 5.74) is 1.95. The van der Waals surface area contributed by atoms with Gasteiger partial charge in [-0.3, -0.25) is 4.79 Å². The highest BCUT2D eigenvalue weighted by molar-refractivity contribution is 7.92. The van der Waals surface area contributed by atoms with Crippen molar-refractivity contribution in [3.8, 4) is 11.1 Å². The predicted octanol–water partition coefficient (Wildman–Crippen LogP) is 1.82. The van der Waals surface area contributed by atoms with Crippen LogP contribution in [0.1, 0.15) is 38.8 Å². The van der Waals surface area contributed by atoms with Gasteiger partial charge in [0.05, 0.1) is 35.5 Å². The minimum atomic E-state index is -4.76. The molecule has 13 nitrogen and oxygen atoms in total. The van der Waals surface area contributed by atoms with Gasteiger partial charge in [0, 0.05) is 12.1 Å². The van der Waals surface area contributed by atoms with E-state index in [0.717, 1.165) is 11.3 Å². The summed E-state index contributed by atoms with van der Waals surface area (Å²) in [4.78, 5) is 16.6. The molecule has 2 aromatic carbocycles. The molecule has 0 aliphatic rings. The summed E-state index contributed by atoms with van der Waals surface area (Å²) in [6.45, 7) is -0.725. The molecule has 0 radical (unpaired) electrons. The average Bonchev–Trinajstić information content (AvgIpc) is 3.55. The molecular weight excluding hydrogens is 625 g/mol. The summed E-state index contributed by atoms with van der Waals surface area (Å²) in [5, 5.41) is 21.6. The standard InChI is InChI=1S/C23H23F3N6O7S3/c24-23(25,26)6-9-41(35,36)19(21-32-31-18(39-21)12-29-42(27,37)38)22-30-16-5-4-14(11-17(16)40-22)13-2-1-3-15(10-13)20(34)28-7-8-33/h1-5,10-11,19,29,33H,6-9,12H2,(H,28,34)(H2,27,37,38). The van der Waals surface area contributed by atoms with Crippen molar-refractivity contribution >= 4 is 47.5 Å². The van der Waals surface area contributed by atoms with Crippen molar-refractivity contribution in [1.29, 1.82) is 0 Å². The summed E-state index contributed by atoms with van der Waals surface area (Å²) < 4.78 is 95.2. The zero-order valence-corrected chi connectivity index (χ0v) is 23.8. The number of fused-ring (bicyclic) bond motifs is 1. The van der Waals surface area contributed by atoms with E-state index < -0.39 is 62.0 Å². The fourth-order valence-electron chi connectivity index (χ4n) is 3.74. The van der Waals surface area contributed by atoms with Crippen LogP contribution in [0.3, 0.4) is 0 Å². The number of benzene rings is 2. The van der Waals surface area contributed by atoms with Crippen LogP contribution < -0.4 is 15.2 Å². The second kappa shape index (κ2) is 12.4. The van der Waals surface area contributed by atoms with Gasteiger partial charge in [0.25, 0.3) is 16.1 Å². The molecule has 0 aliphatic carbocycles. The van der Waals surface area contributed by atoms with Crippen LogP contribution >= 0.6 is 11.3 Å². The topological polar surface area (TPSA) is 207 Å². The molecular formula is C23H23F3N6O7S3. The molecule has 0 aliphatic heterocycles. The Balaban J connectivity index is 1.71. The van der Waals surface area contributed by atoms with Gasteiger partial charge in [-0.1, -0.05) is 18.2 Å². The molecule has 1 unspecified atom stereocenters. The highest BCUT2D eigenvalue weighted by atomic mass is 32.2. The van der Waals surface area contributed by atoms with Gasteiger partial charge in [-0.2, -0.15) is 26.3 Å². The third kappa shape index (κ3) is 8.07. The lowest BCUT2D eigenvalue weighted by Gasteiger charge is -2.13. The van der Waals surface area contributed by atoms with E-state index in [1.807, 2.05) is 4.72 Å². The first-order valence-corrected chi connectivity index (χ1v) is 16.0. The molecule has 0 saturated carbocycles. The van der Waals surface area contributed by atoms with E-state index in [9.17, 15) is 34.8 Å². The predicted molar refractivity (Wildman–Crippen MR) is 145 cm³/mol. The lowest BCUT2D eigenvalue weighted by Crippen LogP contribution is -2.30. The summed E-state index contributed by atoms with van der Waals surface area (Å²) in [6.07, 6.45) is -6.39. The number of amides is 1. The van der Waals surface area contributed by atoms with E-state index in [1.54, 1.807) is 42.5 Å². The van der Waals surface area contributed by atoms with Crippen LogP contribution in [0.4, 0.5) is 13.2 Å². The number of sulfone groups is 1. The van der Waals surface area contributed by atoms with Crippen LogP contribution in [0.25, 0.3) is 21.3 Å². The SMILES string of the molecule is NS(=O)(=O)NCc1nnc(C(c2nc3ccc(-c4cccc(C(=O)NCCO)c4)cc3s2)S(=O)(=O)CCC(F)(F)F)o1. The fourth-order valence-corrected chi connectivity index (χ4v) is 7.14. The number of aromatic nitrogens is 3. The number of alkyl halides is 3. The number of rotatable bonds is 12. The monoisotopic (exact) mass is 648 g/mol. The zero-order chi connectivity index (χ0) is 30.7. The molecule has 1 amide bonds. The van der Waals surface area contributed by atoms with Crippen LogP contribution in [0.2, 0.25) is 0 Å². The molecule has 0 bridgehead atoms. The molecule has 4 rings (SSSR count). The van der Waals surface area contributed by atoms with Crippen LogP contribution in [-0.4, -0.2) is 68.1 Å². The van der Waals surface area contributed by atoms with E-state index in [2.05, 4.69) is 20.5 Å². The van der Waals surface area contributed by atoms with Crippen molar-refractivity contribution in [2.75, 3.05) is 18.9 Å². The highest BCUT2D eigenvalue weighted by Gasteiger charge is 2.40. The Morgan fingerprint density at radius 3 is 2.52 bits per heavy atom. The van der Waals surface area contributed by atoms with Gasteiger partial charge in [0.15, 0.2) is 15.1 Å². The Hall–Kier alpha value is -3.49. The quantitative estimate of drug-likeness (QED) is 0.175. The summed E-state index contributed by atoms with van der Waals surface area (Å²) in [6, 6.07) is 11.5. The average molecular weight is 649 g/mol. The maximum atomic E-state index is 13.2. The van der Waals surface area contributed by atoms with E-state index in [4.69, 9.17) is 14.7 Å². The lowest BCUT2D eigenvalue weighted by molar-refractivity contribution is -0.129. The largest absolute Gasteiger partial charge is 0.422 e. The van der Waals surface area contributed by atoms with Crippen molar-refractivity contribution in [3.05, 3.63) is 64.8 Å². The van der Waals surface area contributed by atoms with Crippen LogP contribution in [0.15, 0.2) is 46.9 Å². The van der Waals surface area contributed by atoms with Gasteiger partial charge in [-0.15, -0.1) is 21.5 Å². The Morgan fingerprint density at radius 2 is 1.83 bits per heavy atom. The number of aliphatic hydroxyl groups excluding tert-OH is 1. The smallest absolute Gasteiger partial charge is 0.390 e. The van der Waals surface area contributed by atoms with Crippen molar-refractivity contribution in [2.24, 2.45) is 5.14 Å². The van der Waals surface area contributed by atoms with E-state index in [1.165, 1.54) is 0 Å². The number of carbonyl (C=O) groups is 1. The van der Waals surface area contributed by atoms with Crippen molar-refractivity contribution < 1.29 is 44.3 Å². The maximum absolute atomic E-state index is 13.2. The molecule has 2 aromatic heterocycles. The number of carbonyl (C=O) groups excluding carboxylic acids is 1. The summed E-state index contributed by atoms with van der Waals surface area (Å²) >= 11 is 0.880. The number of halogens is 3. The molecule has 1 atom stereocenters. The molecule has 0 saturated heterocycles.